The number of fused-ring (bicyclic) bond motifs is 1. The van der Waals surface area contributed by atoms with E-state index in [0.29, 0.717) is 28.7 Å². The summed E-state index contributed by atoms with van der Waals surface area (Å²) >= 11 is 0. The second-order valence-electron chi connectivity index (χ2n) is 7.00. The largest absolute Gasteiger partial charge is 0.491 e. The van der Waals surface area contributed by atoms with E-state index in [9.17, 15) is 19.1 Å². The average Bonchev–Trinajstić information content (AvgIpc) is 3.04. The first-order valence-electron chi connectivity index (χ1n) is 9.44. The highest BCUT2D eigenvalue weighted by Gasteiger charge is 2.27. The fraction of sp³-hybridized carbons (Fsp3) is 0.273. The number of amides is 1. The molecule has 0 spiro atoms. The van der Waals surface area contributed by atoms with Gasteiger partial charge in [0.25, 0.3) is 0 Å². The molecule has 0 radical (unpaired) electrons. The number of nitrogens with two attached hydrogens (primary N) is 1. The zero-order valence-electron chi connectivity index (χ0n) is 16.8. The summed E-state index contributed by atoms with van der Waals surface area (Å²) in [6.45, 7) is 5.47. The van der Waals surface area contributed by atoms with E-state index in [4.69, 9.17) is 14.9 Å². The first kappa shape index (κ1) is 21.3. The van der Waals surface area contributed by atoms with Gasteiger partial charge in [0.15, 0.2) is 0 Å². The van der Waals surface area contributed by atoms with E-state index in [2.05, 4.69) is 4.74 Å². The number of aliphatic hydroxyl groups excluding tert-OH is 1. The summed E-state index contributed by atoms with van der Waals surface area (Å²) in [4.78, 5) is 23.8. The van der Waals surface area contributed by atoms with Crippen molar-refractivity contribution in [3.8, 4) is 17.1 Å². The molecule has 3 rings (SSSR count). The lowest BCUT2D eigenvalue weighted by Crippen LogP contribution is -2.18. The van der Waals surface area contributed by atoms with Gasteiger partial charge in [-0.1, -0.05) is 6.92 Å². The van der Waals surface area contributed by atoms with Gasteiger partial charge < -0.3 is 24.7 Å². The Morgan fingerprint density at radius 3 is 2.43 bits per heavy atom. The normalized spacial score (nSPS) is 12.2. The van der Waals surface area contributed by atoms with Gasteiger partial charge in [-0.05, 0) is 56.7 Å². The molecule has 1 unspecified atom stereocenters. The maximum atomic E-state index is 13.4. The maximum Gasteiger partial charge on any atom is 0.412 e. The summed E-state index contributed by atoms with van der Waals surface area (Å²) in [6, 6.07) is 8.42. The number of hydrogen-bond acceptors (Lipinski definition) is 6. The van der Waals surface area contributed by atoms with Crippen LogP contribution in [0.4, 0.5) is 9.18 Å². The quantitative estimate of drug-likeness (QED) is 0.446. The maximum absolute atomic E-state index is 13.4. The number of ether oxygens (including phenoxy) is 2. The Balaban J connectivity index is 2.30. The van der Waals surface area contributed by atoms with Crippen LogP contribution in [-0.4, -0.2) is 23.3 Å². The van der Waals surface area contributed by atoms with Gasteiger partial charge in [-0.2, -0.15) is 0 Å². The van der Waals surface area contributed by atoms with Crippen molar-refractivity contribution < 1.29 is 33.0 Å². The molecule has 1 amide bonds. The summed E-state index contributed by atoms with van der Waals surface area (Å²) in [7, 11) is 0. The standard InChI is InChI=1S/C22H22FNO6/c1-4-16(25)14-9-18-15(10-17(14)28-11(2)3)19(21(26)30-22(24)27)20(29-18)12-5-7-13(23)8-6-12/h5-11,16,25H,4H2,1-3H3,(H2,24,27). The van der Waals surface area contributed by atoms with Crippen molar-refractivity contribution in [1.29, 1.82) is 0 Å². The van der Waals surface area contributed by atoms with Crippen LogP contribution in [0.15, 0.2) is 40.8 Å². The fourth-order valence-corrected chi connectivity index (χ4v) is 3.12. The van der Waals surface area contributed by atoms with Crippen molar-refractivity contribution in [2.45, 2.75) is 39.4 Å². The summed E-state index contributed by atoms with van der Waals surface area (Å²) < 4.78 is 29.7. The van der Waals surface area contributed by atoms with Gasteiger partial charge in [0.1, 0.15) is 28.5 Å². The molecule has 30 heavy (non-hydrogen) atoms. The molecule has 0 aliphatic rings. The van der Waals surface area contributed by atoms with Gasteiger partial charge >= 0.3 is 12.1 Å². The van der Waals surface area contributed by atoms with E-state index in [1.807, 2.05) is 20.8 Å². The molecule has 158 valence electrons. The summed E-state index contributed by atoms with van der Waals surface area (Å²) in [5.41, 5.74) is 6.11. The van der Waals surface area contributed by atoms with Gasteiger partial charge in [0.05, 0.1) is 12.2 Å². The van der Waals surface area contributed by atoms with Gasteiger partial charge in [-0.25, -0.2) is 14.0 Å². The summed E-state index contributed by atoms with van der Waals surface area (Å²) in [5.74, 6) is -1.03. The molecule has 1 heterocycles. The number of carbonyl (C=O) groups excluding carboxylic acids is 2. The van der Waals surface area contributed by atoms with Crippen LogP contribution in [0.5, 0.6) is 5.75 Å². The highest BCUT2D eigenvalue weighted by atomic mass is 19.1. The summed E-state index contributed by atoms with van der Waals surface area (Å²) in [5, 5.41) is 10.7. The number of halogens is 1. The molecule has 1 atom stereocenters. The SMILES string of the molecule is CCC(O)c1cc2oc(-c3ccc(F)cc3)c(C(=O)OC(N)=O)c2cc1OC(C)C. The molecule has 0 saturated heterocycles. The molecule has 0 aliphatic heterocycles. The predicted molar refractivity (Wildman–Crippen MR) is 108 cm³/mol. The smallest absolute Gasteiger partial charge is 0.412 e. The van der Waals surface area contributed by atoms with Crippen molar-refractivity contribution in [2.75, 3.05) is 0 Å². The van der Waals surface area contributed by atoms with Crippen LogP contribution in [0.25, 0.3) is 22.3 Å². The third-order valence-electron chi connectivity index (χ3n) is 4.43. The van der Waals surface area contributed by atoms with Crippen molar-refractivity contribution in [3.05, 3.63) is 53.3 Å². The average molecular weight is 415 g/mol. The lowest BCUT2D eigenvalue weighted by molar-refractivity contribution is 0.0640. The lowest BCUT2D eigenvalue weighted by atomic mass is 10.0. The Kier molecular flexibility index (Phi) is 6.07. The van der Waals surface area contributed by atoms with Crippen molar-refractivity contribution in [3.63, 3.8) is 0 Å². The Labute approximate surface area is 172 Å². The van der Waals surface area contributed by atoms with Crippen LogP contribution < -0.4 is 10.5 Å². The molecule has 1 aromatic heterocycles. The molecular formula is C22H22FNO6. The Morgan fingerprint density at radius 2 is 1.87 bits per heavy atom. The molecule has 7 nitrogen and oxygen atoms in total. The van der Waals surface area contributed by atoms with Crippen LogP contribution in [0, 0.1) is 5.82 Å². The molecule has 3 aromatic rings. The van der Waals surface area contributed by atoms with Crippen LogP contribution >= 0.6 is 0 Å². The minimum atomic E-state index is -1.27. The molecule has 0 saturated carbocycles. The predicted octanol–water partition coefficient (Wildman–Crippen LogP) is 4.71. The molecule has 0 aliphatic carbocycles. The second-order valence-corrected chi connectivity index (χ2v) is 7.00. The molecule has 0 fully saturated rings. The third-order valence-corrected chi connectivity index (χ3v) is 4.43. The van der Waals surface area contributed by atoms with Crippen LogP contribution in [0.2, 0.25) is 0 Å². The van der Waals surface area contributed by atoms with E-state index in [0.717, 1.165) is 0 Å². The Morgan fingerprint density at radius 1 is 1.20 bits per heavy atom. The van der Waals surface area contributed by atoms with E-state index in [1.165, 1.54) is 24.3 Å². The molecule has 8 heteroatoms. The van der Waals surface area contributed by atoms with Crippen molar-refractivity contribution in [2.24, 2.45) is 5.73 Å². The first-order valence-corrected chi connectivity index (χ1v) is 9.44. The zero-order valence-corrected chi connectivity index (χ0v) is 16.8. The summed E-state index contributed by atoms with van der Waals surface area (Å²) in [6.07, 6.45) is -1.85. The molecule has 0 bridgehead atoms. The van der Waals surface area contributed by atoms with Gasteiger partial charge in [0.2, 0.25) is 0 Å². The number of hydrogen-bond donors (Lipinski definition) is 2. The van der Waals surface area contributed by atoms with Crippen LogP contribution in [-0.2, 0) is 4.74 Å². The minimum absolute atomic E-state index is 0.0541. The Bertz CT molecular complexity index is 1090. The van der Waals surface area contributed by atoms with Gasteiger partial charge in [0, 0.05) is 16.5 Å². The number of aliphatic hydroxyl groups is 1. The number of carbonyl (C=O) groups is 2. The van der Waals surface area contributed by atoms with Crippen LogP contribution in [0.1, 0.15) is 49.2 Å². The minimum Gasteiger partial charge on any atom is -0.491 e. The number of rotatable bonds is 6. The first-order chi connectivity index (χ1) is 14.2. The molecular weight excluding hydrogens is 393 g/mol. The van der Waals surface area contributed by atoms with Gasteiger partial charge in [-0.3, -0.25) is 0 Å². The van der Waals surface area contributed by atoms with E-state index in [-0.39, 0.29) is 23.0 Å². The number of benzene rings is 2. The molecule has 3 N–H and O–H groups in total. The number of primary amides is 1. The van der Waals surface area contributed by atoms with E-state index >= 15 is 0 Å². The topological polar surface area (TPSA) is 112 Å². The van der Waals surface area contributed by atoms with E-state index < -0.39 is 24.0 Å². The lowest BCUT2D eigenvalue weighted by Gasteiger charge is -2.17. The van der Waals surface area contributed by atoms with Crippen molar-refractivity contribution >= 4 is 23.0 Å². The fourth-order valence-electron chi connectivity index (χ4n) is 3.12. The third kappa shape index (κ3) is 4.28. The monoisotopic (exact) mass is 415 g/mol. The Hall–Kier alpha value is -3.39. The zero-order chi connectivity index (χ0) is 22.0. The van der Waals surface area contributed by atoms with Crippen LogP contribution in [0.3, 0.4) is 0 Å². The highest BCUT2D eigenvalue weighted by Crippen LogP contribution is 2.40. The number of furan rings is 1. The molecule has 2 aromatic carbocycles. The highest BCUT2D eigenvalue weighted by molar-refractivity contribution is 6.11. The second kappa shape index (κ2) is 8.54. The number of esters is 1. The van der Waals surface area contributed by atoms with Gasteiger partial charge in [-0.15, -0.1) is 0 Å². The van der Waals surface area contributed by atoms with E-state index in [1.54, 1.807) is 12.1 Å². The van der Waals surface area contributed by atoms with Crippen molar-refractivity contribution in [1.82, 2.24) is 0 Å².